The zero-order valence-electron chi connectivity index (χ0n) is 19.4. The number of carbonyl (C=O) groups excluding carboxylic acids is 2. The van der Waals surface area contributed by atoms with Gasteiger partial charge < -0.3 is 9.80 Å². The fraction of sp³-hybridized carbons (Fsp3) is 0.296. The molecule has 1 fully saturated rings. The summed E-state index contributed by atoms with van der Waals surface area (Å²) in [5.41, 5.74) is 4.86. The normalized spacial score (nSPS) is 14.3. The monoisotopic (exact) mass is 442 g/mol. The van der Waals surface area contributed by atoms with Gasteiger partial charge in [-0.2, -0.15) is 5.10 Å². The fourth-order valence-electron chi connectivity index (χ4n) is 3.94. The van der Waals surface area contributed by atoms with Crippen molar-refractivity contribution in [3.05, 3.63) is 78.0 Å². The second-order valence-electron chi connectivity index (χ2n) is 8.72. The Morgan fingerprint density at radius 3 is 2.18 bits per heavy atom. The van der Waals surface area contributed by atoms with Crippen LogP contribution < -0.4 is 0 Å². The molecule has 170 valence electrons. The molecule has 0 spiro atoms. The van der Waals surface area contributed by atoms with Crippen LogP contribution >= 0.6 is 0 Å². The quantitative estimate of drug-likeness (QED) is 0.557. The van der Waals surface area contributed by atoms with Gasteiger partial charge in [-0.1, -0.05) is 61.9 Å². The predicted octanol–water partition coefficient (Wildman–Crippen LogP) is 4.19. The minimum atomic E-state index is -0.0473. The summed E-state index contributed by atoms with van der Waals surface area (Å²) in [6.07, 6.45) is 5.41. The van der Waals surface area contributed by atoms with Gasteiger partial charge in [0.2, 0.25) is 11.8 Å². The van der Waals surface area contributed by atoms with Crippen LogP contribution in [0.4, 0.5) is 0 Å². The molecule has 0 saturated carbocycles. The maximum atomic E-state index is 12.9. The van der Waals surface area contributed by atoms with Crippen LogP contribution in [0.25, 0.3) is 23.0 Å². The third-order valence-electron chi connectivity index (χ3n) is 5.89. The van der Waals surface area contributed by atoms with Crippen LogP contribution in [0.2, 0.25) is 0 Å². The second-order valence-corrected chi connectivity index (χ2v) is 8.72. The number of rotatable bonds is 5. The number of hydrogen-bond donors (Lipinski definition) is 0. The zero-order chi connectivity index (χ0) is 23.4. The number of para-hydroxylation sites is 1. The summed E-state index contributed by atoms with van der Waals surface area (Å²) in [6, 6.07) is 18.2. The Balaban J connectivity index is 1.54. The summed E-state index contributed by atoms with van der Waals surface area (Å²) in [5.74, 6) is 0.0798. The lowest BCUT2D eigenvalue weighted by Gasteiger charge is -2.35. The molecule has 3 aromatic rings. The summed E-state index contributed by atoms with van der Waals surface area (Å²) >= 11 is 0. The van der Waals surface area contributed by atoms with Crippen LogP contribution in [0.5, 0.6) is 0 Å². The highest BCUT2D eigenvalue weighted by Crippen LogP contribution is 2.25. The van der Waals surface area contributed by atoms with Gasteiger partial charge in [0.15, 0.2) is 0 Å². The lowest BCUT2D eigenvalue weighted by molar-refractivity contribution is -0.139. The standard InChI is InChI=1S/C27H30N4O2/c1-20(2)27(33)30-17-15-29(16-18-30)25(32)14-13-23-19-31(24-7-5-4-6-8-24)28-26(23)22-11-9-21(3)10-12-22/h4-14,19-20H,15-18H2,1-3H3/b14-13+. The second kappa shape index (κ2) is 9.86. The predicted molar refractivity (Wildman–Crippen MR) is 131 cm³/mol. The molecule has 2 aromatic carbocycles. The Hall–Kier alpha value is -3.67. The van der Waals surface area contributed by atoms with Gasteiger partial charge in [-0.3, -0.25) is 9.59 Å². The van der Waals surface area contributed by atoms with Gasteiger partial charge in [0.05, 0.1) is 11.4 Å². The van der Waals surface area contributed by atoms with Crippen molar-refractivity contribution in [2.75, 3.05) is 26.2 Å². The minimum Gasteiger partial charge on any atom is -0.339 e. The van der Waals surface area contributed by atoms with Gasteiger partial charge in [0.1, 0.15) is 0 Å². The molecule has 1 aliphatic rings. The van der Waals surface area contributed by atoms with E-state index < -0.39 is 0 Å². The summed E-state index contributed by atoms with van der Waals surface area (Å²) < 4.78 is 1.84. The first-order valence-corrected chi connectivity index (χ1v) is 11.4. The third-order valence-corrected chi connectivity index (χ3v) is 5.89. The average Bonchev–Trinajstić information content (AvgIpc) is 3.27. The Bertz CT molecular complexity index is 1140. The van der Waals surface area contributed by atoms with E-state index in [2.05, 4.69) is 31.2 Å². The number of aromatic nitrogens is 2. The van der Waals surface area contributed by atoms with Crippen molar-refractivity contribution < 1.29 is 9.59 Å². The molecule has 6 heteroatoms. The highest BCUT2D eigenvalue weighted by molar-refractivity contribution is 5.93. The molecule has 2 heterocycles. The number of benzene rings is 2. The topological polar surface area (TPSA) is 58.4 Å². The first-order chi connectivity index (χ1) is 15.9. The highest BCUT2D eigenvalue weighted by Gasteiger charge is 2.24. The lowest BCUT2D eigenvalue weighted by Crippen LogP contribution is -2.51. The molecule has 6 nitrogen and oxygen atoms in total. The molecular formula is C27H30N4O2. The summed E-state index contributed by atoms with van der Waals surface area (Å²) in [5, 5.41) is 4.81. The number of nitrogens with zero attached hydrogens (tertiary/aromatic N) is 4. The molecule has 0 bridgehead atoms. The van der Waals surface area contributed by atoms with Crippen molar-refractivity contribution in [2.45, 2.75) is 20.8 Å². The molecule has 0 radical (unpaired) electrons. The molecule has 0 N–H and O–H groups in total. The Kier molecular flexibility index (Phi) is 6.73. The number of piperazine rings is 1. The van der Waals surface area contributed by atoms with Crippen molar-refractivity contribution >= 4 is 17.9 Å². The number of hydrogen-bond acceptors (Lipinski definition) is 3. The van der Waals surface area contributed by atoms with Gasteiger partial charge in [0.25, 0.3) is 0 Å². The van der Waals surface area contributed by atoms with Crippen LogP contribution in [0.1, 0.15) is 25.0 Å². The van der Waals surface area contributed by atoms with Gasteiger partial charge in [-0.25, -0.2) is 4.68 Å². The SMILES string of the molecule is Cc1ccc(-c2nn(-c3ccccc3)cc2/C=C/C(=O)N2CCN(C(=O)C(C)C)CC2)cc1. The van der Waals surface area contributed by atoms with Crippen LogP contribution in [-0.2, 0) is 9.59 Å². The van der Waals surface area contributed by atoms with Crippen LogP contribution in [0, 0.1) is 12.8 Å². The highest BCUT2D eigenvalue weighted by atomic mass is 16.2. The van der Waals surface area contributed by atoms with E-state index in [0.717, 1.165) is 22.5 Å². The molecule has 33 heavy (non-hydrogen) atoms. The molecule has 0 atom stereocenters. The lowest BCUT2D eigenvalue weighted by atomic mass is 10.1. The van der Waals surface area contributed by atoms with E-state index in [1.54, 1.807) is 11.0 Å². The first-order valence-electron chi connectivity index (χ1n) is 11.4. The third kappa shape index (κ3) is 5.22. The van der Waals surface area contributed by atoms with Crippen LogP contribution in [0.15, 0.2) is 66.9 Å². The smallest absolute Gasteiger partial charge is 0.246 e. The minimum absolute atomic E-state index is 0.0199. The first kappa shape index (κ1) is 22.5. The van der Waals surface area contributed by atoms with E-state index in [1.165, 1.54) is 5.56 Å². The van der Waals surface area contributed by atoms with E-state index in [0.29, 0.717) is 26.2 Å². The maximum absolute atomic E-state index is 12.9. The van der Waals surface area contributed by atoms with Crippen LogP contribution in [0.3, 0.4) is 0 Å². The molecule has 0 unspecified atom stereocenters. The van der Waals surface area contributed by atoms with E-state index in [1.807, 2.05) is 66.0 Å². The van der Waals surface area contributed by atoms with E-state index in [4.69, 9.17) is 5.10 Å². The molecule has 4 rings (SSSR count). The molecule has 1 saturated heterocycles. The zero-order valence-corrected chi connectivity index (χ0v) is 19.4. The fourth-order valence-corrected chi connectivity index (χ4v) is 3.94. The molecule has 2 amide bonds. The van der Waals surface area contributed by atoms with Crippen molar-refractivity contribution in [1.82, 2.24) is 19.6 Å². The summed E-state index contributed by atoms with van der Waals surface area (Å²) in [4.78, 5) is 28.7. The molecule has 1 aromatic heterocycles. The van der Waals surface area contributed by atoms with Gasteiger partial charge in [-0.15, -0.1) is 0 Å². The number of amides is 2. The maximum Gasteiger partial charge on any atom is 0.246 e. The van der Waals surface area contributed by atoms with Gasteiger partial charge in [0, 0.05) is 55.5 Å². The van der Waals surface area contributed by atoms with Gasteiger partial charge in [-0.05, 0) is 25.1 Å². The van der Waals surface area contributed by atoms with Crippen molar-refractivity contribution in [2.24, 2.45) is 5.92 Å². The average molecular weight is 443 g/mol. The summed E-state index contributed by atoms with van der Waals surface area (Å²) in [6.45, 7) is 8.13. The van der Waals surface area contributed by atoms with E-state index in [9.17, 15) is 9.59 Å². The van der Waals surface area contributed by atoms with E-state index >= 15 is 0 Å². The molecule has 0 aliphatic carbocycles. The number of aryl methyl sites for hydroxylation is 1. The Morgan fingerprint density at radius 1 is 0.909 bits per heavy atom. The summed E-state index contributed by atoms with van der Waals surface area (Å²) in [7, 11) is 0. The van der Waals surface area contributed by atoms with E-state index in [-0.39, 0.29) is 17.7 Å². The van der Waals surface area contributed by atoms with Crippen molar-refractivity contribution in [3.63, 3.8) is 0 Å². The molecular weight excluding hydrogens is 412 g/mol. The number of carbonyl (C=O) groups is 2. The molecule has 1 aliphatic heterocycles. The Morgan fingerprint density at radius 2 is 1.55 bits per heavy atom. The van der Waals surface area contributed by atoms with Crippen molar-refractivity contribution in [1.29, 1.82) is 0 Å². The largest absolute Gasteiger partial charge is 0.339 e. The van der Waals surface area contributed by atoms with Crippen LogP contribution in [-0.4, -0.2) is 57.6 Å². The van der Waals surface area contributed by atoms with Gasteiger partial charge >= 0.3 is 0 Å². The van der Waals surface area contributed by atoms with Crippen molar-refractivity contribution in [3.8, 4) is 16.9 Å². The Labute approximate surface area is 195 Å².